The molecule has 0 aliphatic heterocycles. The van der Waals surface area contributed by atoms with Gasteiger partial charge in [-0.25, -0.2) is 9.67 Å². The molecule has 0 unspecified atom stereocenters. The third-order valence-corrected chi connectivity index (χ3v) is 3.84. The Balaban J connectivity index is 2.16. The van der Waals surface area contributed by atoms with E-state index in [2.05, 4.69) is 22.3 Å². The maximum Gasteiger partial charge on any atom is 0.290 e. The second-order valence-electron chi connectivity index (χ2n) is 6.65. The highest BCUT2D eigenvalue weighted by atomic mass is 16.5. The molecular formula is C20H28N4O3. The number of hydrogen-bond acceptors (Lipinski definition) is 6. The predicted molar refractivity (Wildman–Crippen MR) is 106 cm³/mol. The van der Waals surface area contributed by atoms with E-state index in [-0.39, 0.29) is 5.56 Å². The molecule has 0 amide bonds. The van der Waals surface area contributed by atoms with Crippen LogP contribution in [0.4, 0.5) is 11.5 Å². The van der Waals surface area contributed by atoms with E-state index < -0.39 is 5.60 Å². The summed E-state index contributed by atoms with van der Waals surface area (Å²) in [4.78, 5) is 16.5. The summed E-state index contributed by atoms with van der Waals surface area (Å²) in [6.07, 6.45) is 4.51. The van der Waals surface area contributed by atoms with Gasteiger partial charge in [0.1, 0.15) is 23.0 Å². The molecule has 0 aliphatic carbocycles. The van der Waals surface area contributed by atoms with Crippen LogP contribution in [0, 0.1) is 6.92 Å². The van der Waals surface area contributed by atoms with Gasteiger partial charge in [0, 0.05) is 7.05 Å². The summed E-state index contributed by atoms with van der Waals surface area (Å²) in [5.74, 6) is 1.97. The number of hydrogen-bond donors (Lipinski definition) is 1. The molecule has 2 aromatic heterocycles. The fourth-order valence-electron chi connectivity index (χ4n) is 2.66. The Labute approximate surface area is 160 Å². The number of anilines is 2. The summed E-state index contributed by atoms with van der Waals surface area (Å²) in [5, 5.41) is 7.11. The van der Waals surface area contributed by atoms with Crippen LogP contribution in [0.3, 0.4) is 0 Å². The lowest BCUT2D eigenvalue weighted by Crippen LogP contribution is -2.32. The van der Waals surface area contributed by atoms with Crippen LogP contribution in [0.5, 0.6) is 5.75 Å². The summed E-state index contributed by atoms with van der Waals surface area (Å²) in [6, 6.07) is 5.27. The molecule has 0 radical (unpaired) electrons. The number of rotatable bonds is 8. The van der Waals surface area contributed by atoms with Crippen molar-refractivity contribution in [3.8, 4) is 5.75 Å². The highest BCUT2D eigenvalue weighted by Crippen LogP contribution is 2.26. The lowest BCUT2D eigenvalue weighted by Gasteiger charge is -2.29. The van der Waals surface area contributed by atoms with Crippen LogP contribution >= 0.6 is 0 Å². The van der Waals surface area contributed by atoms with Crippen molar-refractivity contribution in [2.45, 2.75) is 46.6 Å². The van der Waals surface area contributed by atoms with Crippen molar-refractivity contribution in [1.29, 1.82) is 0 Å². The highest BCUT2D eigenvalue weighted by molar-refractivity contribution is 5.55. The maximum absolute atomic E-state index is 12.1. The van der Waals surface area contributed by atoms with Crippen molar-refractivity contribution in [3.05, 3.63) is 52.3 Å². The zero-order chi connectivity index (χ0) is 20.0. The van der Waals surface area contributed by atoms with Crippen LogP contribution in [-0.4, -0.2) is 27.0 Å². The van der Waals surface area contributed by atoms with Crippen molar-refractivity contribution in [2.24, 2.45) is 7.05 Å². The molecule has 146 valence electrons. The second-order valence-corrected chi connectivity index (χ2v) is 6.65. The Morgan fingerprint density at radius 2 is 2.07 bits per heavy atom. The molecule has 0 saturated carbocycles. The van der Waals surface area contributed by atoms with E-state index >= 15 is 0 Å². The van der Waals surface area contributed by atoms with Crippen LogP contribution < -0.4 is 15.6 Å². The second kappa shape index (κ2) is 8.70. The largest absolute Gasteiger partial charge is 0.494 e. The average molecular weight is 372 g/mol. The molecular weight excluding hydrogens is 344 g/mol. The molecule has 0 aromatic carbocycles. The van der Waals surface area contributed by atoms with E-state index in [1.165, 1.54) is 4.68 Å². The van der Waals surface area contributed by atoms with E-state index in [1.807, 2.05) is 39.8 Å². The van der Waals surface area contributed by atoms with Gasteiger partial charge in [-0.3, -0.25) is 4.79 Å². The lowest BCUT2D eigenvalue weighted by atomic mass is 10.1. The summed E-state index contributed by atoms with van der Waals surface area (Å²) in [6.45, 7) is 10.3. The third-order valence-electron chi connectivity index (χ3n) is 3.84. The molecule has 0 aliphatic rings. The minimum atomic E-state index is -0.610. The SMILES string of the molecule is CC/C=C(/OCC)C(C)(C)Oc1ccc(Nc2cc(C)nn(C)c2=O)nc1. The number of nitrogens with zero attached hydrogens (tertiary/aromatic N) is 3. The molecule has 1 N–H and O–H groups in total. The van der Waals surface area contributed by atoms with Gasteiger partial charge < -0.3 is 14.8 Å². The van der Waals surface area contributed by atoms with Crippen LogP contribution in [0.1, 0.15) is 39.8 Å². The lowest BCUT2D eigenvalue weighted by molar-refractivity contribution is 0.0620. The number of aryl methyl sites for hydroxylation is 2. The first kappa shape index (κ1) is 20.5. The van der Waals surface area contributed by atoms with Crippen molar-refractivity contribution < 1.29 is 9.47 Å². The smallest absolute Gasteiger partial charge is 0.290 e. The zero-order valence-electron chi connectivity index (χ0n) is 16.9. The molecule has 0 atom stereocenters. The van der Waals surface area contributed by atoms with E-state index in [4.69, 9.17) is 9.47 Å². The summed E-state index contributed by atoms with van der Waals surface area (Å²) < 4.78 is 13.1. The maximum atomic E-state index is 12.1. The Kier molecular flexibility index (Phi) is 6.60. The molecule has 7 nitrogen and oxygen atoms in total. The topological polar surface area (TPSA) is 78.3 Å². The Morgan fingerprint density at radius 1 is 1.33 bits per heavy atom. The predicted octanol–water partition coefficient (Wildman–Crippen LogP) is 3.72. The van der Waals surface area contributed by atoms with Gasteiger partial charge in [-0.15, -0.1) is 0 Å². The molecule has 0 bridgehead atoms. The first-order chi connectivity index (χ1) is 12.8. The minimum Gasteiger partial charge on any atom is -0.494 e. The van der Waals surface area contributed by atoms with Crippen molar-refractivity contribution in [2.75, 3.05) is 11.9 Å². The van der Waals surface area contributed by atoms with Gasteiger partial charge in [-0.1, -0.05) is 6.92 Å². The zero-order valence-corrected chi connectivity index (χ0v) is 16.9. The fourth-order valence-corrected chi connectivity index (χ4v) is 2.66. The summed E-state index contributed by atoms with van der Waals surface area (Å²) in [5.41, 5.74) is 0.347. The molecule has 0 spiro atoms. The first-order valence-electron chi connectivity index (χ1n) is 9.07. The van der Waals surface area contributed by atoms with Crippen molar-refractivity contribution in [3.63, 3.8) is 0 Å². The van der Waals surface area contributed by atoms with E-state index in [9.17, 15) is 4.79 Å². The van der Waals surface area contributed by atoms with Crippen LogP contribution in [-0.2, 0) is 11.8 Å². The molecule has 7 heteroatoms. The van der Waals surface area contributed by atoms with Crippen molar-refractivity contribution >= 4 is 11.5 Å². The number of nitrogens with one attached hydrogen (secondary N) is 1. The number of allylic oxidation sites excluding steroid dienone is 1. The average Bonchev–Trinajstić information content (AvgIpc) is 2.60. The van der Waals surface area contributed by atoms with Crippen LogP contribution in [0.25, 0.3) is 0 Å². The quantitative estimate of drug-likeness (QED) is 0.712. The van der Waals surface area contributed by atoms with Crippen molar-refractivity contribution in [1.82, 2.24) is 14.8 Å². The normalized spacial score (nSPS) is 12.0. The number of aromatic nitrogens is 3. The number of pyridine rings is 1. The standard InChI is InChI=1S/C20H28N4O3/c1-7-9-17(26-8-2)20(4,5)27-15-10-11-18(21-13-15)22-16-12-14(3)23-24(6)19(16)25/h9-13H,7-8H2,1-6H3,(H,21,22)/b17-9+. The van der Waals surface area contributed by atoms with Crippen LogP contribution in [0.15, 0.2) is 41.0 Å². The molecule has 0 saturated heterocycles. The molecule has 2 heterocycles. The van der Waals surface area contributed by atoms with Gasteiger partial charge in [-0.2, -0.15) is 5.10 Å². The van der Waals surface area contributed by atoms with Gasteiger partial charge in [0.2, 0.25) is 0 Å². The molecule has 0 fully saturated rings. The Bertz CT molecular complexity index is 855. The highest BCUT2D eigenvalue weighted by Gasteiger charge is 2.27. The fraction of sp³-hybridized carbons (Fsp3) is 0.450. The Morgan fingerprint density at radius 3 is 2.67 bits per heavy atom. The summed E-state index contributed by atoms with van der Waals surface area (Å²) >= 11 is 0. The van der Waals surface area contributed by atoms with Gasteiger partial charge in [0.25, 0.3) is 5.56 Å². The minimum absolute atomic E-state index is 0.213. The van der Waals surface area contributed by atoms with Gasteiger partial charge in [0.15, 0.2) is 5.60 Å². The Hall–Kier alpha value is -2.83. The van der Waals surface area contributed by atoms with E-state index in [0.717, 1.165) is 17.9 Å². The monoisotopic (exact) mass is 372 g/mol. The molecule has 2 rings (SSSR count). The van der Waals surface area contributed by atoms with E-state index in [0.29, 0.717) is 23.9 Å². The molecule has 2 aromatic rings. The van der Waals surface area contributed by atoms with Gasteiger partial charge >= 0.3 is 0 Å². The third kappa shape index (κ3) is 5.32. The van der Waals surface area contributed by atoms with Gasteiger partial charge in [0.05, 0.1) is 18.5 Å². The van der Waals surface area contributed by atoms with Gasteiger partial charge in [-0.05, 0) is 58.4 Å². The van der Waals surface area contributed by atoms with E-state index in [1.54, 1.807) is 25.4 Å². The van der Waals surface area contributed by atoms with Crippen LogP contribution in [0.2, 0.25) is 0 Å². The first-order valence-corrected chi connectivity index (χ1v) is 9.07. The molecule has 27 heavy (non-hydrogen) atoms. The number of ether oxygens (including phenoxy) is 2. The summed E-state index contributed by atoms with van der Waals surface area (Å²) in [7, 11) is 1.62.